The largest absolute Gasteiger partial charge is 0.318 e. The molecule has 1 saturated heterocycles. The van der Waals surface area contributed by atoms with E-state index in [1.807, 2.05) is 6.07 Å². The summed E-state index contributed by atoms with van der Waals surface area (Å²) in [6.07, 6.45) is 2.47. The molecule has 104 valence electrons. The van der Waals surface area contributed by atoms with Gasteiger partial charge in [0.25, 0.3) is 5.69 Å². The Morgan fingerprint density at radius 2 is 2.37 bits per heavy atom. The molecule has 1 heterocycles. The minimum Gasteiger partial charge on any atom is -0.318 e. The third-order valence-electron chi connectivity index (χ3n) is 3.56. The smallest absolute Gasteiger partial charge is 0.293 e. The van der Waals surface area contributed by atoms with E-state index in [1.165, 1.54) is 12.8 Å². The number of rotatable bonds is 4. The Labute approximate surface area is 112 Å². The molecule has 1 aliphatic heterocycles. The van der Waals surface area contributed by atoms with E-state index in [0.717, 1.165) is 25.2 Å². The van der Waals surface area contributed by atoms with E-state index in [4.69, 9.17) is 5.84 Å². The summed E-state index contributed by atoms with van der Waals surface area (Å²) in [6, 6.07) is 5.16. The Morgan fingerprint density at radius 3 is 3.00 bits per heavy atom. The molecular formula is C13H20N4O2. The topological polar surface area (TPSA) is 84.4 Å². The molecule has 1 fully saturated rings. The van der Waals surface area contributed by atoms with Crippen molar-refractivity contribution in [3.8, 4) is 0 Å². The van der Waals surface area contributed by atoms with Gasteiger partial charge in [0.2, 0.25) is 0 Å². The molecule has 1 aliphatic rings. The molecule has 1 unspecified atom stereocenters. The second-order valence-corrected chi connectivity index (χ2v) is 5.24. The van der Waals surface area contributed by atoms with Gasteiger partial charge in [-0.1, -0.05) is 13.0 Å². The summed E-state index contributed by atoms with van der Waals surface area (Å²) in [7, 11) is 0. The van der Waals surface area contributed by atoms with Crippen LogP contribution in [-0.2, 0) is 6.54 Å². The van der Waals surface area contributed by atoms with Gasteiger partial charge in [-0.05, 0) is 36.9 Å². The van der Waals surface area contributed by atoms with E-state index < -0.39 is 4.92 Å². The Hall–Kier alpha value is -1.66. The lowest BCUT2D eigenvalue weighted by molar-refractivity contribution is -0.384. The summed E-state index contributed by atoms with van der Waals surface area (Å²) in [4.78, 5) is 12.9. The van der Waals surface area contributed by atoms with Gasteiger partial charge >= 0.3 is 0 Å². The van der Waals surface area contributed by atoms with Crippen molar-refractivity contribution in [3.63, 3.8) is 0 Å². The number of piperidine rings is 1. The molecule has 0 bridgehead atoms. The average molecular weight is 264 g/mol. The van der Waals surface area contributed by atoms with Crippen molar-refractivity contribution in [1.82, 2.24) is 4.90 Å². The van der Waals surface area contributed by atoms with Crippen LogP contribution in [0.1, 0.15) is 25.3 Å². The maximum atomic E-state index is 11.0. The predicted octanol–water partition coefficient (Wildman–Crippen LogP) is 2.11. The Kier molecular flexibility index (Phi) is 4.34. The van der Waals surface area contributed by atoms with Gasteiger partial charge in [0.05, 0.1) is 4.92 Å². The molecule has 2 rings (SSSR count). The van der Waals surface area contributed by atoms with Gasteiger partial charge in [0.1, 0.15) is 5.69 Å². The zero-order valence-corrected chi connectivity index (χ0v) is 11.1. The maximum Gasteiger partial charge on any atom is 0.293 e. The highest BCUT2D eigenvalue weighted by Gasteiger charge is 2.18. The first-order chi connectivity index (χ1) is 9.10. The number of benzene rings is 1. The van der Waals surface area contributed by atoms with Crippen molar-refractivity contribution in [2.45, 2.75) is 26.3 Å². The summed E-state index contributed by atoms with van der Waals surface area (Å²) in [6.45, 7) is 5.13. The first kappa shape index (κ1) is 13.8. The number of anilines is 1. The Bertz CT molecular complexity index is 464. The van der Waals surface area contributed by atoms with Crippen LogP contribution in [0.25, 0.3) is 0 Å². The lowest BCUT2D eigenvalue weighted by Gasteiger charge is -2.30. The standard InChI is InChI=1S/C13H20N4O2/c1-10-3-2-6-16(8-10)9-11-4-5-12(15-14)13(7-11)17(18)19/h4-5,7,10,15H,2-3,6,8-9,14H2,1H3. The summed E-state index contributed by atoms with van der Waals surface area (Å²) < 4.78 is 0. The summed E-state index contributed by atoms with van der Waals surface area (Å²) in [5.41, 5.74) is 3.70. The van der Waals surface area contributed by atoms with Crippen molar-refractivity contribution < 1.29 is 4.92 Å². The van der Waals surface area contributed by atoms with Crippen molar-refractivity contribution in [3.05, 3.63) is 33.9 Å². The van der Waals surface area contributed by atoms with Crippen LogP contribution in [0, 0.1) is 16.0 Å². The van der Waals surface area contributed by atoms with Crippen LogP contribution in [0.4, 0.5) is 11.4 Å². The first-order valence-electron chi connectivity index (χ1n) is 6.56. The average Bonchev–Trinajstić information content (AvgIpc) is 2.38. The molecule has 0 aliphatic carbocycles. The van der Waals surface area contributed by atoms with E-state index in [1.54, 1.807) is 12.1 Å². The zero-order valence-electron chi connectivity index (χ0n) is 11.1. The fourth-order valence-corrected chi connectivity index (χ4v) is 2.64. The second-order valence-electron chi connectivity index (χ2n) is 5.24. The summed E-state index contributed by atoms with van der Waals surface area (Å²) in [5.74, 6) is 5.98. The number of hydrogen-bond donors (Lipinski definition) is 2. The fourth-order valence-electron chi connectivity index (χ4n) is 2.64. The van der Waals surface area contributed by atoms with Crippen LogP contribution in [0.15, 0.2) is 18.2 Å². The molecule has 3 N–H and O–H groups in total. The number of nitrogens with zero attached hydrogens (tertiary/aromatic N) is 2. The van der Waals surface area contributed by atoms with Crippen molar-refractivity contribution in [1.29, 1.82) is 0 Å². The Morgan fingerprint density at radius 1 is 1.58 bits per heavy atom. The van der Waals surface area contributed by atoms with Gasteiger partial charge in [-0.3, -0.25) is 20.9 Å². The number of nitrogens with two attached hydrogens (primary N) is 1. The van der Waals surface area contributed by atoms with Gasteiger partial charge < -0.3 is 5.43 Å². The van der Waals surface area contributed by atoms with Crippen LogP contribution in [-0.4, -0.2) is 22.9 Å². The van der Waals surface area contributed by atoms with E-state index in [2.05, 4.69) is 17.2 Å². The molecule has 19 heavy (non-hydrogen) atoms. The van der Waals surface area contributed by atoms with Gasteiger partial charge in [-0.25, -0.2) is 0 Å². The zero-order chi connectivity index (χ0) is 13.8. The highest BCUT2D eigenvalue weighted by Crippen LogP contribution is 2.26. The number of hydrazine groups is 1. The van der Waals surface area contributed by atoms with E-state index in [0.29, 0.717) is 11.6 Å². The maximum absolute atomic E-state index is 11.0. The van der Waals surface area contributed by atoms with Gasteiger partial charge in [-0.15, -0.1) is 0 Å². The molecule has 1 atom stereocenters. The minimum atomic E-state index is -0.405. The molecule has 0 amide bonds. The van der Waals surface area contributed by atoms with Gasteiger partial charge in [-0.2, -0.15) is 0 Å². The SMILES string of the molecule is CC1CCCN(Cc2ccc(NN)c([N+](=O)[O-])c2)C1. The number of likely N-dealkylation sites (tertiary alicyclic amines) is 1. The molecular weight excluding hydrogens is 244 g/mol. The summed E-state index contributed by atoms with van der Waals surface area (Å²) >= 11 is 0. The van der Waals surface area contributed by atoms with Crippen molar-refractivity contribution >= 4 is 11.4 Å². The molecule has 1 aromatic rings. The van der Waals surface area contributed by atoms with E-state index >= 15 is 0 Å². The first-order valence-corrected chi connectivity index (χ1v) is 6.56. The number of nitro benzene ring substituents is 1. The third-order valence-corrected chi connectivity index (χ3v) is 3.56. The third kappa shape index (κ3) is 3.42. The molecule has 0 spiro atoms. The molecule has 0 radical (unpaired) electrons. The Balaban J connectivity index is 2.12. The van der Waals surface area contributed by atoms with Crippen LogP contribution >= 0.6 is 0 Å². The molecule has 1 aromatic carbocycles. The minimum absolute atomic E-state index is 0.0325. The number of nitrogens with one attached hydrogen (secondary N) is 1. The van der Waals surface area contributed by atoms with E-state index in [9.17, 15) is 10.1 Å². The molecule has 6 heteroatoms. The second kappa shape index (κ2) is 5.99. The van der Waals surface area contributed by atoms with Gasteiger partial charge in [0, 0.05) is 19.2 Å². The van der Waals surface area contributed by atoms with E-state index in [-0.39, 0.29) is 5.69 Å². The van der Waals surface area contributed by atoms with Crippen LogP contribution in [0.3, 0.4) is 0 Å². The normalized spacial score (nSPS) is 20.2. The molecule has 0 saturated carbocycles. The monoisotopic (exact) mass is 264 g/mol. The fraction of sp³-hybridized carbons (Fsp3) is 0.538. The quantitative estimate of drug-likeness (QED) is 0.494. The number of hydrogen-bond acceptors (Lipinski definition) is 5. The highest BCUT2D eigenvalue weighted by atomic mass is 16.6. The van der Waals surface area contributed by atoms with Gasteiger partial charge in [0.15, 0.2) is 0 Å². The predicted molar refractivity (Wildman–Crippen MR) is 74.6 cm³/mol. The van der Waals surface area contributed by atoms with Crippen LogP contribution in [0.5, 0.6) is 0 Å². The van der Waals surface area contributed by atoms with Crippen molar-refractivity contribution in [2.24, 2.45) is 11.8 Å². The summed E-state index contributed by atoms with van der Waals surface area (Å²) in [5, 5.41) is 11.0. The number of nitro groups is 1. The van der Waals surface area contributed by atoms with Crippen molar-refractivity contribution in [2.75, 3.05) is 18.5 Å². The lowest BCUT2D eigenvalue weighted by atomic mass is 10.00. The highest BCUT2D eigenvalue weighted by molar-refractivity contribution is 5.61. The van der Waals surface area contributed by atoms with Crippen LogP contribution in [0.2, 0.25) is 0 Å². The number of nitrogen functional groups attached to an aromatic ring is 1. The van der Waals surface area contributed by atoms with Crippen LogP contribution < -0.4 is 11.3 Å². The lowest BCUT2D eigenvalue weighted by Crippen LogP contribution is -2.33. The molecule has 6 nitrogen and oxygen atoms in total. The molecule has 0 aromatic heterocycles.